The van der Waals surface area contributed by atoms with Crippen LogP contribution in [0, 0.1) is 9.49 Å². The van der Waals surface area contributed by atoms with Crippen molar-refractivity contribution < 1.29 is 19.4 Å². The third-order valence-electron chi connectivity index (χ3n) is 8.49. The van der Waals surface area contributed by atoms with E-state index >= 15 is 0 Å². The number of benzene rings is 2. The average molecular weight is 622 g/mol. The van der Waals surface area contributed by atoms with Gasteiger partial charge in [0.15, 0.2) is 0 Å². The summed E-state index contributed by atoms with van der Waals surface area (Å²) in [6.45, 7) is 7.96. The van der Waals surface area contributed by atoms with Crippen LogP contribution in [0.1, 0.15) is 38.2 Å². The summed E-state index contributed by atoms with van der Waals surface area (Å²) in [7, 11) is -0.302. The minimum Gasteiger partial charge on any atom is -0.497 e. The number of aliphatic hydroxyl groups is 1. The molecule has 1 amide bonds. The number of rotatable bonds is 9. The number of carbonyl (C=O) groups is 1. The highest BCUT2D eigenvalue weighted by Gasteiger charge is 2.51. The molecule has 0 aliphatic carbocycles. The molecule has 0 radical (unpaired) electrons. The third-order valence-corrected chi connectivity index (χ3v) is 13.6. The van der Waals surface area contributed by atoms with Gasteiger partial charge in [0.25, 0.3) is 0 Å². The summed E-state index contributed by atoms with van der Waals surface area (Å²) in [5, 5.41) is 11.1. The predicted octanol–water partition coefficient (Wildman–Crippen LogP) is 5.00. The van der Waals surface area contributed by atoms with Crippen molar-refractivity contribution in [2.45, 2.75) is 75.9 Å². The van der Waals surface area contributed by atoms with Gasteiger partial charge in [0.05, 0.1) is 46.5 Å². The summed E-state index contributed by atoms with van der Waals surface area (Å²) in [4.78, 5) is 15.3. The van der Waals surface area contributed by atoms with Crippen molar-refractivity contribution in [3.05, 3.63) is 57.7 Å². The van der Waals surface area contributed by atoms with E-state index in [0.717, 1.165) is 38.0 Å². The van der Waals surface area contributed by atoms with E-state index in [2.05, 4.69) is 91.1 Å². The molecule has 2 fully saturated rings. The fraction of sp³-hybridized carbons (Fsp3) is 0.552. The molecule has 1 N–H and O–H groups in total. The van der Waals surface area contributed by atoms with E-state index in [0.29, 0.717) is 17.9 Å². The molecule has 5 atom stereocenters. The summed E-state index contributed by atoms with van der Waals surface area (Å²) in [5.41, 5.74) is 1.66. The fourth-order valence-electron chi connectivity index (χ4n) is 6.45. The van der Waals surface area contributed by atoms with Crippen LogP contribution in [0.3, 0.4) is 0 Å². The fourth-order valence-corrected chi connectivity index (χ4v) is 10.9. The Morgan fingerprint density at radius 3 is 2.47 bits per heavy atom. The van der Waals surface area contributed by atoms with E-state index in [1.54, 1.807) is 7.11 Å². The van der Waals surface area contributed by atoms with Crippen LogP contribution in [0.25, 0.3) is 0 Å². The molecule has 2 aliphatic rings. The quantitative estimate of drug-likeness (QED) is 0.317. The predicted molar refractivity (Wildman–Crippen MR) is 156 cm³/mol. The van der Waals surface area contributed by atoms with Crippen molar-refractivity contribution in [2.24, 2.45) is 5.92 Å². The molecule has 0 unspecified atom stereocenters. The van der Waals surface area contributed by atoms with Crippen LogP contribution < -0.4 is 9.92 Å². The number of halogens is 1. The molecule has 2 heterocycles. The van der Waals surface area contributed by atoms with E-state index in [1.165, 1.54) is 14.3 Å². The Hall–Kier alpha value is -1.42. The topological polar surface area (TPSA) is 59.0 Å². The van der Waals surface area contributed by atoms with Gasteiger partial charge in [-0.25, -0.2) is 0 Å². The van der Waals surface area contributed by atoms with Crippen molar-refractivity contribution in [3.8, 4) is 5.75 Å². The zero-order valence-corrected chi connectivity index (χ0v) is 25.1. The largest absolute Gasteiger partial charge is 0.497 e. The third kappa shape index (κ3) is 6.00. The van der Waals surface area contributed by atoms with Crippen LogP contribution in [-0.4, -0.2) is 62.5 Å². The van der Waals surface area contributed by atoms with Gasteiger partial charge in [-0.1, -0.05) is 49.5 Å². The summed E-state index contributed by atoms with van der Waals surface area (Å²) >= 11 is 2.34. The molecule has 0 saturated carbocycles. The normalized spacial score (nSPS) is 26.4. The number of aryl methyl sites for hydroxylation is 1. The Bertz CT molecular complexity index is 1010. The number of ether oxygens (including phenoxy) is 2. The van der Waals surface area contributed by atoms with Crippen LogP contribution >= 0.6 is 22.6 Å². The standard InChI is InChI=1S/C29H40INO4Si/c1-20-26(16-9-21-7-10-22(30)11-8-21)35-27(18-28(33)31-17-5-6-23(31)19-32)29(20)36(3,4)25-14-12-24(34-2)13-15-25/h7-8,10-15,20,23,26-27,29,32H,5-6,9,16-19H2,1-4H3/t20-,23-,26+,27-,29+/m0/s1. The van der Waals surface area contributed by atoms with Gasteiger partial charge in [0.1, 0.15) is 5.75 Å². The Morgan fingerprint density at radius 1 is 1.14 bits per heavy atom. The van der Waals surface area contributed by atoms with E-state index in [9.17, 15) is 9.90 Å². The van der Waals surface area contributed by atoms with Crippen LogP contribution in [0.4, 0.5) is 0 Å². The number of carbonyl (C=O) groups excluding carboxylic acids is 1. The number of likely N-dealkylation sites (tertiary alicyclic amines) is 1. The molecule has 2 aromatic carbocycles. The van der Waals surface area contributed by atoms with Crippen molar-refractivity contribution in [3.63, 3.8) is 0 Å². The minimum atomic E-state index is -2.00. The Kier molecular flexibility index (Phi) is 9.17. The molecule has 2 aliphatic heterocycles. The molecule has 5 nitrogen and oxygen atoms in total. The summed E-state index contributed by atoms with van der Waals surface area (Å²) < 4.78 is 13.4. The molecule has 0 spiro atoms. The van der Waals surface area contributed by atoms with Crippen LogP contribution in [0.15, 0.2) is 48.5 Å². The van der Waals surface area contributed by atoms with Gasteiger partial charge in [-0.2, -0.15) is 0 Å². The zero-order valence-electron chi connectivity index (χ0n) is 22.0. The van der Waals surface area contributed by atoms with E-state index in [1.807, 2.05) is 4.90 Å². The molecule has 2 aromatic rings. The van der Waals surface area contributed by atoms with E-state index in [4.69, 9.17) is 9.47 Å². The zero-order chi connectivity index (χ0) is 25.9. The van der Waals surface area contributed by atoms with Gasteiger partial charge in [-0.15, -0.1) is 0 Å². The second-order valence-corrected chi connectivity index (χ2v) is 16.9. The van der Waals surface area contributed by atoms with Crippen molar-refractivity contribution >= 4 is 41.8 Å². The first-order valence-corrected chi connectivity index (χ1v) is 17.3. The molecular formula is C29H40INO4Si. The average Bonchev–Trinajstić information content (AvgIpc) is 3.48. The van der Waals surface area contributed by atoms with Crippen LogP contribution in [0.5, 0.6) is 5.75 Å². The number of hydrogen-bond donors (Lipinski definition) is 1. The minimum absolute atomic E-state index is 0.0432. The SMILES string of the molecule is COc1ccc([Si](C)(C)[C@@H]2[C@@H](C)[C@@H](CCc3ccc(I)cc3)O[C@H]2CC(=O)N2CCC[C@H]2CO)cc1. The van der Waals surface area contributed by atoms with Gasteiger partial charge in [0.2, 0.25) is 5.91 Å². The van der Waals surface area contributed by atoms with Gasteiger partial charge >= 0.3 is 0 Å². The molecule has 4 rings (SSSR count). The Morgan fingerprint density at radius 2 is 1.83 bits per heavy atom. The van der Waals surface area contributed by atoms with E-state index in [-0.39, 0.29) is 30.8 Å². The maximum atomic E-state index is 13.4. The second kappa shape index (κ2) is 12.0. The molecule has 2 saturated heterocycles. The first-order chi connectivity index (χ1) is 17.2. The first kappa shape index (κ1) is 27.6. The maximum absolute atomic E-state index is 13.4. The monoisotopic (exact) mass is 621 g/mol. The lowest BCUT2D eigenvalue weighted by molar-refractivity contribution is -0.135. The molecule has 196 valence electrons. The number of hydrogen-bond acceptors (Lipinski definition) is 4. The highest BCUT2D eigenvalue weighted by atomic mass is 127. The van der Waals surface area contributed by atoms with Gasteiger partial charge in [-0.05, 0) is 89.6 Å². The number of aliphatic hydroxyl groups excluding tert-OH is 1. The van der Waals surface area contributed by atoms with Gasteiger partial charge in [-0.3, -0.25) is 4.79 Å². The Labute approximate surface area is 230 Å². The summed E-state index contributed by atoms with van der Waals surface area (Å²) in [6.07, 6.45) is 4.22. The second-order valence-electron chi connectivity index (χ2n) is 11.0. The first-order valence-electron chi connectivity index (χ1n) is 13.2. The summed E-state index contributed by atoms with van der Waals surface area (Å²) in [5.74, 6) is 1.36. The lowest BCUT2D eigenvalue weighted by atomic mass is 9.95. The summed E-state index contributed by atoms with van der Waals surface area (Å²) in [6, 6.07) is 17.2. The van der Waals surface area contributed by atoms with E-state index < -0.39 is 8.07 Å². The maximum Gasteiger partial charge on any atom is 0.225 e. The van der Waals surface area contributed by atoms with Crippen molar-refractivity contribution in [1.82, 2.24) is 4.90 Å². The molecule has 0 aromatic heterocycles. The van der Waals surface area contributed by atoms with Crippen LogP contribution in [0.2, 0.25) is 18.6 Å². The number of methoxy groups -OCH3 is 1. The highest BCUT2D eigenvalue weighted by Crippen LogP contribution is 2.46. The molecule has 7 heteroatoms. The highest BCUT2D eigenvalue weighted by molar-refractivity contribution is 14.1. The van der Waals surface area contributed by atoms with Gasteiger partial charge < -0.3 is 19.5 Å². The lowest BCUT2D eigenvalue weighted by Gasteiger charge is -2.36. The molecule has 36 heavy (non-hydrogen) atoms. The number of nitrogens with zero attached hydrogens (tertiary/aromatic N) is 1. The lowest BCUT2D eigenvalue weighted by Crippen LogP contribution is -2.51. The molecular weight excluding hydrogens is 581 g/mol. The Balaban J connectivity index is 1.56. The van der Waals surface area contributed by atoms with Crippen LogP contribution in [-0.2, 0) is 16.0 Å². The number of amides is 1. The molecule has 0 bridgehead atoms. The van der Waals surface area contributed by atoms with Crippen molar-refractivity contribution in [1.29, 1.82) is 0 Å². The van der Waals surface area contributed by atoms with Crippen molar-refractivity contribution in [2.75, 3.05) is 20.3 Å². The van der Waals surface area contributed by atoms with Gasteiger partial charge in [0, 0.05) is 10.1 Å². The smallest absolute Gasteiger partial charge is 0.225 e.